The summed E-state index contributed by atoms with van der Waals surface area (Å²) in [4.78, 5) is 11.3. The molecule has 0 radical (unpaired) electrons. The first kappa shape index (κ1) is 18.3. The molecule has 0 aliphatic rings. The van der Waals surface area contributed by atoms with Crippen molar-refractivity contribution in [3.05, 3.63) is 12.2 Å². The molecule has 0 rings (SSSR count). The molecule has 0 aromatic heterocycles. The minimum atomic E-state index is -1.82. The fourth-order valence-electron chi connectivity index (χ4n) is 1.15. The summed E-state index contributed by atoms with van der Waals surface area (Å²) in [5.74, 6) is -0.601. The van der Waals surface area contributed by atoms with Crippen molar-refractivity contribution in [1.29, 1.82) is 0 Å². The third-order valence-electron chi connectivity index (χ3n) is 3.48. The van der Waals surface area contributed by atoms with Gasteiger partial charge in [0.15, 0.2) is 14.4 Å². The highest BCUT2D eigenvalue weighted by Gasteiger charge is 2.37. The molecule has 0 aromatic carbocycles. The Kier molecular flexibility index (Phi) is 6.97. The Labute approximate surface area is 117 Å². The van der Waals surface area contributed by atoms with E-state index in [1.165, 1.54) is 0 Å². The Morgan fingerprint density at radius 2 is 1.89 bits per heavy atom. The number of ether oxygens (including phenoxy) is 1. The van der Waals surface area contributed by atoms with Crippen LogP contribution in [0.15, 0.2) is 12.2 Å². The summed E-state index contributed by atoms with van der Waals surface area (Å²) in [6.45, 7) is 17.0. The molecule has 5 heteroatoms. The molecule has 0 saturated heterocycles. The summed E-state index contributed by atoms with van der Waals surface area (Å²) in [7, 11) is -1.82. The van der Waals surface area contributed by atoms with Crippen LogP contribution in [0.25, 0.3) is 0 Å². The molecule has 1 atom stereocenters. The second-order valence-electron chi connectivity index (χ2n) is 6.27. The lowest BCUT2D eigenvalue weighted by Gasteiger charge is -2.36. The number of carbonyl (C=O) groups is 1. The number of carbonyl (C=O) groups excluding carboxylic acids is 1. The highest BCUT2D eigenvalue weighted by atomic mass is 28.4. The van der Waals surface area contributed by atoms with Gasteiger partial charge in [-0.2, -0.15) is 0 Å². The van der Waals surface area contributed by atoms with Crippen LogP contribution in [0.5, 0.6) is 0 Å². The topological polar surface area (TPSA) is 55.8 Å². The van der Waals surface area contributed by atoms with Crippen molar-refractivity contribution in [3.63, 3.8) is 0 Å². The average molecular weight is 288 g/mol. The Morgan fingerprint density at radius 3 is 2.32 bits per heavy atom. The summed E-state index contributed by atoms with van der Waals surface area (Å²) < 4.78 is 10.7. The zero-order valence-corrected chi connectivity index (χ0v) is 14.1. The lowest BCUT2D eigenvalue weighted by Crippen LogP contribution is -2.41. The maximum Gasteiger partial charge on any atom is 0.335 e. The standard InChI is InChI=1S/C14H28O4Si/c1-8-17-13(16)12(15)9-11(2)10-18-19(6,7)14(3,4)5/h12,15H,2,8-10H2,1,3-7H3. The highest BCUT2D eigenvalue weighted by Crippen LogP contribution is 2.36. The fourth-order valence-corrected chi connectivity index (χ4v) is 2.15. The molecule has 0 aromatic rings. The van der Waals surface area contributed by atoms with E-state index in [-0.39, 0.29) is 18.1 Å². The van der Waals surface area contributed by atoms with E-state index in [1.54, 1.807) is 6.92 Å². The predicted molar refractivity (Wildman–Crippen MR) is 79.5 cm³/mol. The van der Waals surface area contributed by atoms with Crippen LogP contribution in [0, 0.1) is 0 Å². The molecule has 0 fully saturated rings. The van der Waals surface area contributed by atoms with Crippen LogP contribution in [0.2, 0.25) is 18.1 Å². The van der Waals surface area contributed by atoms with Crippen LogP contribution < -0.4 is 0 Å². The van der Waals surface area contributed by atoms with Gasteiger partial charge in [-0.15, -0.1) is 0 Å². The van der Waals surface area contributed by atoms with Gasteiger partial charge in [-0.3, -0.25) is 0 Å². The van der Waals surface area contributed by atoms with Gasteiger partial charge in [0.25, 0.3) is 0 Å². The van der Waals surface area contributed by atoms with Gasteiger partial charge in [0.1, 0.15) is 0 Å². The van der Waals surface area contributed by atoms with Crippen LogP contribution in [0.3, 0.4) is 0 Å². The van der Waals surface area contributed by atoms with E-state index in [9.17, 15) is 9.90 Å². The van der Waals surface area contributed by atoms with E-state index >= 15 is 0 Å². The van der Waals surface area contributed by atoms with Crippen LogP contribution in [-0.4, -0.2) is 38.7 Å². The predicted octanol–water partition coefficient (Wildman–Crippen LogP) is 2.88. The first-order valence-corrected chi connectivity index (χ1v) is 9.57. The van der Waals surface area contributed by atoms with Crippen molar-refractivity contribution in [1.82, 2.24) is 0 Å². The molecular weight excluding hydrogens is 260 g/mol. The van der Waals surface area contributed by atoms with Crippen molar-refractivity contribution < 1.29 is 19.1 Å². The molecule has 0 spiro atoms. The molecular formula is C14H28O4Si. The van der Waals surface area contributed by atoms with Gasteiger partial charge in [0.2, 0.25) is 0 Å². The maximum absolute atomic E-state index is 11.3. The van der Waals surface area contributed by atoms with Crippen LogP contribution >= 0.6 is 0 Å². The Bertz CT molecular complexity index is 318. The Morgan fingerprint density at radius 1 is 1.37 bits per heavy atom. The van der Waals surface area contributed by atoms with Gasteiger partial charge in [-0.1, -0.05) is 27.4 Å². The Hall–Kier alpha value is -0.653. The molecule has 0 heterocycles. The van der Waals surface area contributed by atoms with Gasteiger partial charge in [-0.05, 0) is 30.6 Å². The Balaban J connectivity index is 4.24. The van der Waals surface area contributed by atoms with Crippen molar-refractivity contribution in [2.24, 2.45) is 0 Å². The van der Waals surface area contributed by atoms with Crippen molar-refractivity contribution in [2.75, 3.05) is 13.2 Å². The van der Waals surface area contributed by atoms with E-state index in [2.05, 4.69) is 40.4 Å². The van der Waals surface area contributed by atoms with Crippen molar-refractivity contribution >= 4 is 14.3 Å². The van der Waals surface area contributed by atoms with Gasteiger partial charge in [0.05, 0.1) is 13.2 Å². The van der Waals surface area contributed by atoms with E-state index in [0.717, 1.165) is 0 Å². The monoisotopic (exact) mass is 288 g/mol. The lowest BCUT2D eigenvalue weighted by atomic mass is 10.1. The zero-order valence-electron chi connectivity index (χ0n) is 13.1. The molecule has 0 bridgehead atoms. The summed E-state index contributed by atoms with van der Waals surface area (Å²) >= 11 is 0. The van der Waals surface area contributed by atoms with Crippen molar-refractivity contribution in [2.45, 2.75) is 58.4 Å². The molecule has 19 heavy (non-hydrogen) atoms. The number of hydrogen-bond acceptors (Lipinski definition) is 4. The number of esters is 1. The summed E-state index contributed by atoms with van der Waals surface area (Å²) in [5, 5.41) is 9.76. The molecule has 0 amide bonds. The molecule has 1 unspecified atom stereocenters. The lowest BCUT2D eigenvalue weighted by molar-refractivity contribution is -0.152. The molecule has 0 saturated carbocycles. The number of hydrogen-bond donors (Lipinski definition) is 1. The molecule has 0 aliphatic heterocycles. The summed E-state index contributed by atoms with van der Waals surface area (Å²) in [6.07, 6.45) is -0.955. The minimum absolute atomic E-state index is 0.132. The normalized spacial score (nSPS) is 14.1. The maximum atomic E-state index is 11.3. The fraction of sp³-hybridized carbons (Fsp3) is 0.786. The third-order valence-corrected chi connectivity index (χ3v) is 7.96. The number of rotatable bonds is 7. The van der Waals surface area contributed by atoms with E-state index in [4.69, 9.17) is 9.16 Å². The second kappa shape index (κ2) is 7.22. The SMILES string of the molecule is C=C(CO[Si](C)(C)C(C)(C)C)CC(O)C(=O)OCC. The van der Waals surface area contributed by atoms with Crippen LogP contribution in [0.1, 0.15) is 34.1 Å². The first-order chi connectivity index (χ1) is 8.51. The van der Waals surface area contributed by atoms with Crippen LogP contribution in [0.4, 0.5) is 0 Å². The largest absolute Gasteiger partial charge is 0.464 e. The molecule has 112 valence electrons. The summed E-state index contributed by atoms with van der Waals surface area (Å²) in [6, 6.07) is 0. The van der Waals surface area contributed by atoms with E-state index in [0.29, 0.717) is 12.2 Å². The van der Waals surface area contributed by atoms with Gasteiger partial charge >= 0.3 is 5.97 Å². The van der Waals surface area contributed by atoms with Gasteiger partial charge < -0.3 is 14.3 Å². The van der Waals surface area contributed by atoms with E-state index in [1.807, 2.05) is 0 Å². The molecule has 0 aliphatic carbocycles. The summed E-state index contributed by atoms with van der Waals surface area (Å²) in [5.41, 5.74) is 0.713. The third kappa shape index (κ3) is 6.36. The number of aliphatic hydroxyl groups is 1. The van der Waals surface area contributed by atoms with E-state index < -0.39 is 20.4 Å². The first-order valence-electron chi connectivity index (χ1n) is 6.66. The minimum Gasteiger partial charge on any atom is -0.464 e. The second-order valence-corrected chi connectivity index (χ2v) is 11.1. The number of aliphatic hydroxyl groups excluding tert-OH is 1. The van der Waals surface area contributed by atoms with Crippen molar-refractivity contribution in [3.8, 4) is 0 Å². The molecule has 4 nitrogen and oxygen atoms in total. The van der Waals surface area contributed by atoms with Crippen LogP contribution in [-0.2, 0) is 14.0 Å². The zero-order chi connectivity index (χ0) is 15.3. The average Bonchev–Trinajstić information content (AvgIpc) is 2.25. The quantitative estimate of drug-likeness (QED) is 0.444. The van der Waals surface area contributed by atoms with Gasteiger partial charge in [0, 0.05) is 6.42 Å². The smallest absolute Gasteiger partial charge is 0.335 e. The highest BCUT2D eigenvalue weighted by molar-refractivity contribution is 6.74. The van der Waals surface area contributed by atoms with Gasteiger partial charge in [-0.25, -0.2) is 4.79 Å². The molecule has 1 N–H and O–H groups in total.